The van der Waals surface area contributed by atoms with Crippen LogP contribution in [0.5, 0.6) is 0 Å². The highest BCUT2D eigenvalue weighted by Gasteiger charge is 2.32. The minimum Gasteiger partial charge on any atom is -0.341 e. The van der Waals surface area contributed by atoms with Crippen molar-refractivity contribution in [2.45, 2.75) is 38.0 Å². The van der Waals surface area contributed by atoms with Crippen LogP contribution in [0.3, 0.4) is 0 Å². The number of hydrogen-bond donors (Lipinski definition) is 0. The lowest BCUT2D eigenvalue weighted by Crippen LogP contribution is -2.38. The Balaban J connectivity index is 1.85. The number of nitrogens with zero attached hydrogens (tertiary/aromatic N) is 1. The Labute approximate surface area is 90.6 Å². The van der Waals surface area contributed by atoms with Gasteiger partial charge in [0.25, 0.3) is 0 Å². The summed E-state index contributed by atoms with van der Waals surface area (Å²) in [6.07, 6.45) is 5.19. The third-order valence-electron chi connectivity index (χ3n) is 3.00. The molecule has 0 aromatic heterocycles. The molecule has 0 saturated heterocycles. The van der Waals surface area contributed by atoms with Gasteiger partial charge in [-0.15, -0.1) is 11.6 Å². The van der Waals surface area contributed by atoms with Crippen molar-refractivity contribution < 1.29 is 4.79 Å². The number of alkyl halides is 1. The van der Waals surface area contributed by atoms with E-state index in [1.807, 2.05) is 4.90 Å². The molecule has 0 radical (unpaired) electrons. The van der Waals surface area contributed by atoms with Crippen LogP contribution in [0.25, 0.3) is 0 Å². The predicted molar refractivity (Wildman–Crippen MR) is 57.3 cm³/mol. The third kappa shape index (κ3) is 2.88. The fraction of sp³-hybridized carbons (Fsp3) is 0.909. The molecule has 2 aliphatic rings. The van der Waals surface area contributed by atoms with Gasteiger partial charge in [-0.05, 0) is 44.4 Å². The maximum absolute atomic E-state index is 11.8. The molecular weight excluding hydrogens is 198 g/mol. The van der Waals surface area contributed by atoms with Crippen molar-refractivity contribution >= 4 is 17.5 Å². The molecule has 0 bridgehead atoms. The van der Waals surface area contributed by atoms with Gasteiger partial charge < -0.3 is 4.90 Å². The predicted octanol–water partition coefficient (Wildman–Crippen LogP) is 2.26. The lowest BCUT2D eigenvalue weighted by molar-refractivity contribution is -0.131. The highest BCUT2D eigenvalue weighted by molar-refractivity contribution is 6.30. The van der Waals surface area contributed by atoms with E-state index in [0.717, 1.165) is 24.9 Å². The normalized spacial score (nSPS) is 23.3. The number of amides is 1. The SMILES string of the molecule is CC(Cl)C(=O)N(CC1CC1)CC1CC1. The van der Waals surface area contributed by atoms with Crippen LogP contribution in [-0.4, -0.2) is 29.3 Å². The van der Waals surface area contributed by atoms with Crippen LogP contribution in [0.15, 0.2) is 0 Å². The van der Waals surface area contributed by atoms with Crippen molar-refractivity contribution in [3.8, 4) is 0 Å². The highest BCUT2D eigenvalue weighted by Crippen LogP contribution is 2.34. The van der Waals surface area contributed by atoms with Crippen LogP contribution in [-0.2, 0) is 4.79 Å². The van der Waals surface area contributed by atoms with E-state index in [4.69, 9.17) is 11.6 Å². The highest BCUT2D eigenvalue weighted by atomic mass is 35.5. The first kappa shape index (κ1) is 10.3. The number of carbonyl (C=O) groups excluding carboxylic acids is 1. The zero-order valence-corrected chi connectivity index (χ0v) is 9.46. The molecule has 0 heterocycles. The Hall–Kier alpha value is -0.240. The topological polar surface area (TPSA) is 20.3 Å². The van der Waals surface area contributed by atoms with Crippen LogP contribution >= 0.6 is 11.6 Å². The van der Waals surface area contributed by atoms with Gasteiger partial charge >= 0.3 is 0 Å². The maximum atomic E-state index is 11.8. The van der Waals surface area contributed by atoms with E-state index in [0.29, 0.717) is 0 Å². The van der Waals surface area contributed by atoms with Crippen LogP contribution in [0.2, 0.25) is 0 Å². The molecular formula is C11H18ClNO. The fourth-order valence-electron chi connectivity index (χ4n) is 1.73. The van der Waals surface area contributed by atoms with Crippen molar-refractivity contribution in [1.29, 1.82) is 0 Å². The summed E-state index contributed by atoms with van der Waals surface area (Å²) < 4.78 is 0. The summed E-state index contributed by atoms with van der Waals surface area (Å²) in [5.74, 6) is 1.67. The van der Waals surface area contributed by atoms with Crippen LogP contribution < -0.4 is 0 Å². The van der Waals surface area contributed by atoms with Gasteiger partial charge in [0, 0.05) is 13.1 Å². The number of carbonyl (C=O) groups is 1. The molecule has 0 aliphatic heterocycles. The van der Waals surface area contributed by atoms with E-state index in [2.05, 4.69) is 0 Å². The molecule has 1 unspecified atom stereocenters. The van der Waals surface area contributed by atoms with Crippen molar-refractivity contribution in [3.05, 3.63) is 0 Å². The molecule has 2 nitrogen and oxygen atoms in total. The van der Waals surface area contributed by atoms with E-state index < -0.39 is 0 Å². The second kappa shape index (κ2) is 4.09. The van der Waals surface area contributed by atoms with Gasteiger partial charge in [0.2, 0.25) is 5.91 Å². The Morgan fingerprint density at radius 3 is 2.00 bits per heavy atom. The summed E-state index contributed by atoms with van der Waals surface area (Å²) >= 11 is 5.84. The lowest BCUT2D eigenvalue weighted by atomic mass is 10.3. The first-order valence-electron chi connectivity index (χ1n) is 5.59. The van der Waals surface area contributed by atoms with Gasteiger partial charge in [0.1, 0.15) is 5.38 Å². The van der Waals surface area contributed by atoms with Crippen molar-refractivity contribution in [2.24, 2.45) is 11.8 Å². The van der Waals surface area contributed by atoms with Gasteiger partial charge in [0.05, 0.1) is 0 Å². The molecule has 0 aromatic rings. The summed E-state index contributed by atoms with van der Waals surface area (Å²) in [5, 5.41) is -0.354. The Kier molecular flexibility index (Phi) is 3.01. The van der Waals surface area contributed by atoms with Gasteiger partial charge in [-0.3, -0.25) is 4.79 Å². The average Bonchev–Trinajstić information content (AvgIpc) is 2.94. The molecule has 0 spiro atoms. The molecule has 80 valence electrons. The number of hydrogen-bond acceptors (Lipinski definition) is 1. The zero-order chi connectivity index (χ0) is 10.1. The van der Waals surface area contributed by atoms with Crippen molar-refractivity contribution in [2.75, 3.05) is 13.1 Å². The second-order valence-corrected chi connectivity index (χ2v) is 5.40. The standard InChI is InChI=1S/C11H18ClNO/c1-8(12)11(14)13(6-9-2-3-9)7-10-4-5-10/h8-10H,2-7H2,1H3. The smallest absolute Gasteiger partial charge is 0.240 e. The van der Waals surface area contributed by atoms with Crippen molar-refractivity contribution in [3.63, 3.8) is 0 Å². The molecule has 2 aliphatic carbocycles. The number of rotatable bonds is 5. The molecule has 0 aromatic carbocycles. The first-order chi connectivity index (χ1) is 6.66. The molecule has 1 atom stereocenters. The van der Waals surface area contributed by atoms with Gasteiger partial charge in [0.15, 0.2) is 0 Å². The first-order valence-corrected chi connectivity index (χ1v) is 6.03. The van der Waals surface area contributed by atoms with E-state index in [1.54, 1.807) is 6.92 Å². The molecule has 2 fully saturated rings. The summed E-state index contributed by atoms with van der Waals surface area (Å²) in [4.78, 5) is 13.8. The van der Waals surface area contributed by atoms with Crippen LogP contribution in [0, 0.1) is 11.8 Å². The minimum absolute atomic E-state index is 0.130. The second-order valence-electron chi connectivity index (χ2n) is 4.75. The van der Waals surface area contributed by atoms with Crippen LogP contribution in [0.1, 0.15) is 32.6 Å². The number of halogens is 1. The summed E-state index contributed by atoms with van der Waals surface area (Å²) in [6, 6.07) is 0. The zero-order valence-electron chi connectivity index (χ0n) is 8.71. The van der Waals surface area contributed by atoms with E-state index >= 15 is 0 Å². The fourth-order valence-corrected chi connectivity index (χ4v) is 1.87. The summed E-state index contributed by atoms with van der Waals surface area (Å²) in [6.45, 7) is 3.68. The molecule has 3 heteroatoms. The molecule has 1 amide bonds. The Morgan fingerprint density at radius 1 is 1.29 bits per heavy atom. The van der Waals surface area contributed by atoms with Gasteiger partial charge in [-0.1, -0.05) is 0 Å². The summed E-state index contributed by atoms with van der Waals surface area (Å²) in [5.41, 5.74) is 0. The third-order valence-corrected chi connectivity index (χ3v) is 3.19. The van der Waals surface area contributed by atoms with E-state index in [1.165, 1.54) is 25.7 Å². The monoisotopic (exact) mass is 215 g/mol. The van der Waals surface area contributed by atoms with E-state index in [9.17, 15) is 4.79 Å². The van der Waals surface area contributed by atoms with Gasteiger partial charge in [-0.2, -0.15) is 0 Å². The summed E-state index contributed by atoms with van der Waals surface area (Å²) in [7, 11) is 0. The van der Waals surface area contributed by atoms with Crippen LogP contribution in [0.4, 0.5) is 0 Å². The largest absolute Gasteiger partial charge is 0.341 e. The molecule has 0 N–H and O–H groups in total. The van der Waals surface area contributed by atoms with Crippen molar-refractivity contribution in [1.82, 2.24) is 4.90 Å². The quantitative estimate of drug-likeness (QED) is 0.645. The maximum Gasteiger partial charge on any atom is 0.240 e. The van der Waals surface area contributed by atoms with E-state index in [-0.39, 0.29) is 11.3 Å². The minimum atomic E-state index is -0.354. The molecule has 14 heavy (non-hydrogen) atoms. The Bertz CT molecular complexity index is 207. The Morgan fingerprint density at radius 2 is 1.71 bits per heavy atom. The lowest BCUT2D eigenvalue weighted by Gasteiger charge is -2.23. The molecule has 2 saturated carbocycles. The van der Waals surface area contributed by atoms with Gasteiger partial charge in [-0.25, -0.2) is 0 Å². The molecule has 2 rings (SSSR count). The average molecular weight is 216 g/mol.